The molecule has 2 nitrogen and oxygen atoms in total. The molecule has 1 N–H and O–H groups in total. The molecule has 2 rings (SSSR count). The summed E-state index contributed by atoms with van der Waals surface area (Å²) in [4.78, 5) is 4.25. The van der Waals surface area contributed by atoms with Crippen LogP contribution in [0, 0.1) is 11.6 Å². The van der Waals surface area contributed by atoms with E-state index < -0.39 is 11.6 Å². The van der Waals surface area contributed by atoms with E-state index in [-0.39, 0.29) is 6.61 Å². The van der Waals surface area contributed by atoms with Crippen molar-refractivity contribution in [3.8, 4) is 11.3 Å². The predicted molar refractivity (Wildman–Crippen MR) is 60.4 cm³/mol. The van der Waals surface area contributed by atoms with Crippen LogP contribution in [-0.2, 0) is 6.42 Å². The fourth-order valence-corrected chi connectivity index (χ4v) is 1.55. The summed E-state index contributed by atoms with van der Waals surface area (Å²) in [6, 6.07) is 8.93. The third kappa shape index (κ3) is 2.65. The van der Waals surface area contributed by atoms with Crippen LogP contribution >= 0.6 is 0 Å². The Bertz CT molecular complexity index is 529. The van der Waals surface area contributed by atoms with Crippen LogP contribution in [0.15, 0.2) is 36.4 Å². The molecule has 2 aromatic rings. The first-order valence-corrected chi connectivity index (χ1v) is 5.23. The normalized spacial score (nSPS) is 10.5. The molecule has 1 aromatic heterocycles. The number of rotatable bonds is 3. The van der Waals surface area contributed by atoms with Crippen molar-refractivity contribution >= 4 is 0 Å². The lowest BCUT2D eigenvalue weighted by molar-refractivity contribution is 0.298. The molecule has 1 heterocycles. The van der Waals surface area contributed by atoms with Crippen LogP contribution in [-0.4, -0.2) is 16.7 Å². The van der Waals surface area contributed by atoms with Gasteiger partial charge in [-0.3, -0.25) is 4.98 Å². The standard InChI is InChI=1S/C13H11F2NO/c14-11-5-4-9(8-12(11)15)13-3-1-2-10(16-13)6-7-17/h1-5,8,17H,6-7H2. The van der Waals surface area contributed by atoms with Crippen molar-refractivity contribution in [1.29, 1.82) is 0 Å². The maximum atomic E-state index is 13.1. The number of aliphatic hydroxyl groups is 1. The van der Waals surface area contributed by atoms with Crippen molar-refractivity contribution in [1.82, 2.24) is 4.98 Å². The second kappa shape index (κ2) is 5.01. The highest BCUT2D eigenvalue weighted by molar-refractivity contribution is 5.59. The van der Waals surface area contributed by atoms with E-state index in [1.54, 1.807) is 18.2 Å². The Morgan fingerprint density at radius 1 is 1.06 bits per heavy atom. The highest BCUT2D eigenvalue weighted by atomic mass is 19.2. The number of hydrogen-bond acceptors (Lipinski definition) is 2. The maximum Gasteiger partial charge on any atom is 0.159 e. The van der Waals surface area contributed by atoms with Crippen LogP contribution in [0.4, 0.5) is 8.78 Å². The third-order valence-electron chi connectivity index (χ3n) is 2.39. The van der Waals surface area contributed by atoms with E-state index in [1.807, 2.05) is 0 Å². The molecule has 0 aliphatic rings. The van der Waals surface area contributed by atoms with E-state index >= 15 is 0 Å². The van der Waals surface area contributed by atoms with Gasteiger partial charge in [-0.15, -0.1) is 0 Å². The topological polar surface area (TPSA) is 33.1 Å². The minimum atomic E-state index is -0.892. The molecule has 1 aromatic carbocycles. The van der Waals surface area contributed by atoms with Gasteiger partial charge in [-0.05, 0) is 30.3 Å². The van der Waals surface area contributed by atoms with Crippen molar-refractivity contribution in [3.63, 3.8) is 0 Å². The van der Waals surface area contributed by atoms with E-state index in [4.69, 9.17) is 5.11 Å². The first kappa shape index (κ1) is 11.7. The zero-order valence-corrected chi connectivity index (χ0v) is 9.03. The monoisotopic (exact) mass is 235 g/mol. The third-order valence-corrected chi connectivity index (χ3v) is 2.39. The van der Waals surface area contributed by atoms with Gasteiger partial charge in [-0.2, -0.15) is 0 Å². The highest BCUT2D eigenvalue weighted by Gasteiger charge is 2.06. The van der Waals surface area contributed by atoms with Gasteiger partial charge >= 0.3 is 0 Å². The SMILES string of the molecule is OCCc1cccc(-c2ccc(F)c(F)c2)n1. The molecule has 0 amide bonds. The van der Waals surface area contributed by atoms with Gasteiger partial charge in [0, 0.05) is 24.3 Å². The van der Waals surface area contributed by atoms with E-state index in [2.05, 4.69) is 4.98 Å². The summed E-state index contributed by atoms with van der Waals surface area (Å²) < 4.78 is 25.9. The molecular weight excluding hydrogens is 224 g/mol. The number of halogens is 2. The van der Waals surface area contributed by atoms with Crippen LogP contribution in [0.1, 0.15) is 5.69 Å². The Morgan fingerprint density at radius 3 is 2.59 bits per heavy atom. The summed E-state index contributed by atoms with van der Waals surface area (Å²) in [6.07, 6.45) is 0.442. The first-order chi connectivity index (χ1) is 8.20. The van der Waals surface area contributed by atoms with E-state index in [0.29, 0.717) is 17.7 Å². The Hall–Kier alpha value is -1.81. The van der Waals surface area contributed by atoms with Gasteiger partial charge in [0.2, 0.25) is 0 Å². The number of nitrogens with zero attached hydrogens (tertiary/aromatic N) is 1. The molecule has 0 saturated carbocycles. The van der Waals surface area contributed by atoms with Crippen LogP contribution < -0.4 is 0 Å². The molecule has 0 aliphatic heterocycles. The number of aromatic nitrogens is 1. The van der Waals surface area contributed by atoms with E-state index in [9.17, 15) is 8.78 Å². The fourth-order valence-electron chi connectivity index (χ4n) is 1.55. The Kier molecular flexibility index (Phi) is 3.44. The van der Waals surface area contributed by atoms with Crippen molar-refractivity contribution in [2.45, 2.75) is 6.42 Å². The van der Waals surface area contributed by atoms with E-state index in [0.717, 1.165) is 17.8 Å². The number of benzene rings is 1. The highest BCUT2D eigenvalue weighted by Crippen LogP contribution is 2.19. The van der Waals surface area contributed by atoms with Crippen molar-refractivity contribution in [2.75, 3.05) is 6.61 Å². The van der Waals surface area contributed by atoms with Crippen LogP contribution in [0.5, 0.6) is 0 Å². The predicted octanol–water partition coefficient (Wildman–Crippen LogP) is 2.56. The summed E-state index contributed by atoms with van der Waals surface area (Å²) in [5.41, 5.74) is 1.80. The van der Waals surface area contributed by atoms with Gasteiger partial charge in [-0.25, -0.2) is 8.78 Å². The second-order valence-corrected chi connectivity index (χ2v) is 3.62. The zero-order valence-electron chi connectivity index (χ0n) is 9.03. The molecule has 0 unspecified atom stereocenters. The molecule has 0 radical (unpaired) electrons. The van der Waals surface area contributed by atoms with Gasteiger partial charge < -0.3 is 5.11 Å². The average Bonchev–Trinajstić information content (AvgIpc) is 2.33. The smallest absolute Gasteiger partial charge is 0.159 e. The summed E-state index contributed by atoms with van der Waals surface area (Å²) in [7, 11) is 0. The molecular formula is C13H11F2NO. The van der Waals surface area contributed by atoms with Crippen molar-refractivity contribution in [3.05, 3.63) is 53.7 Å². The van der Waals surface area contributed by atoms with Crippen LogP contribution in [0.2, 0.25) is 0 Å². The maximum absolute atomic E-state index is 13.1. The van der Waals surface area contributed by atoms with Gasteiger partial charge in [0.25, 0.3) is 0 Å². The molecule has 4 heteroatoms. The zero-order chi connectivity index (χ0) is 12.3. The second-order valence-electron chi connectivity index (χ2n) is 3.62. The molecule has 0 spiro atoms. The number of hydrogen-bond donors (Lipinski definition) is 1. The summed E-state index contributed by atoms with van der Waals surface area (Å²) in [5.74, 6) is -1.77. The van der Waals surface area contributed by atoms with Crippen molar-refractivity contribution < 1.29 is 13.9 Å². The Morgan fingerprint density at radius 2 is 1.88 bits per heavy atom. The quantitative estimate of drug-likeness (QED) is 0.886. The van der Waals surface area contributed by atoms with Gasteiger partial charge in [0.1, 0.15) is 0 Å². The Balaban J connectivity index is 2.38. The minimum Gasteiger partial charge on any atom is -0.396 e. The molecule has 0 atom stereocenters. The molecule has 17 heavy (non-hydrogen) atoms. The summed E-state index contributed by atoms with van der Waals surface area (Å²) >= 11 is 0. The van der Waals surface area contributed by atoms with Gasteiger partial charge in [0.05, 0.1) is 5.69 Å². The van der Waals surface area contributed by atoms with Crippen LogP contribution in [0.25, 0.3) is 11.3 Å². The van der Waals surface area contributed by atoms with Gasteiger partial charge in [0.15, 0.2) is 11.6 Å². The lowest BCUT2D eigenvalue weighted by Crippen LogP contribution is -1.96. The largest absolute Gasteiger partial charge is 0.396 e. The summed E-state index contributed by atoms with van der Waals surface area (Å²) in [6.45, 7) is 0.00817. The Labute approximate surface area is 97.6 Å². The van der Waals surface area contributed by atoms with Crippen molar-refractivity contribution in [2.24, 2.45) is 0 Å². The summed E-state index contributed by atoms with van der Waals surface area (Å²) in [5, 5.41) is 8.81. The average molecular weight is 235 g/mol. The minimum absolute atomic E-state index is 0.00817. The van der Waals surface area contributed by atoms with Gasteiger partial charge in [-0.1, -0.05) is 6.07 Å². The van der Waals surface area contributed by atoms with E-state index in [1.165, 1.54) is 6.07 Å². The fraction of sp³-hybridized carbons (Fsp3) is 0.154. The number of pyridine rings is 1. The molecule has 0 aliphatic carbocycles. The lowest BCUT2D eigenvalue weighted by Gasteiger charge is -2.04. The van der Waals surface area contributed by atoms with Crippen LogP contribution in [0.3, 0.4) is 0 Å². The molecule has 88 valence electrons. The first-order valence-electron chi connectivity index (χ1n) is 5.23. The molecule has 0 saturated heterocycles. The molecule has 0 fully saturated rings. The molecule has 0 bridgehead atoms. The number of aliphatic hydroxyl groups excluding tert-OH is 1. The lowest BCUT2D eigenvalue weighted by atomic mass is 10.1.